The molecule has 1 aromatic carbocycles. The molecule has 0 N–H and O–H groups in total. The first-order valence-corrected chi connectivity index (χ1v) is 6.35. The summed E-state index contributed by atoms with van der Waals surface area (Å²) in [4.78, 5) is 8.19. The first-order chi connectivity index (χ1) is 8.79. The van der Waals surface area contributed by atoms with Crippen LogP contribution in [0.2, 0.25) is 5.15 Å². The van der Waals surface area contributed by atoms with Crippen molar-refractivity contribution in [1.29, 1.82) is 0 Å². The van der Waals surface area contributed by atoms with Crippen molar-refractivity contribution in [2.45, 2.75) is 0 Å². The van der Waals surface area contributed by atoms with Crippen LogP contribution >= 0.6 is 23.1 Å². The van der Waals surface area contributed by atoms with Gasteiger partial charge >= 0.3 is 0 Å². The average Bonchev–Trinajstić information content (AvgIpc) is 2.84. The summed E-state index contributed by atoms with van der Waals surface area (Å²) >= 11 is 7.31. The quantitative estimate of drug-likeness (QED) is 0.674. The number of hydrogen-bond acceptors (Lipinski definition) is 5. The van der Waals surface area contributed by atoms with Crippen LogP contribution in [0.15, 0.2) is 30.6 Å². The summed E-state index contributed by atoms with van der Waals surface area (Å²) in [6, 6.07) is 7.68. The van der Waals surface area contributed by atoms with E-state index in [-0.39, 0.29) is 0 Å². The molecule has 3 aromatic rings. The van der Waals surface area contributed by atoms with Crippen molar-refractivity contribution in [3.05, 3.63) is 35.7 Å². The third-order valence-electron chi connectivity index (χ3n) is 2.58. The van der Waals surface area contributed by atoms with Crippen LogP contribution in [0.4, 0.5) is 0 Å². The van der Waals surface area contributed by atoms with Gasteiger partial charge in [0.25, 0.3) is 0 Å². The molecule has 0 unspecified atom stereocenters. The lowest BCUT2D eigenvalue weighted by Gasteiger charge is -2.01. The zero-order valence-corrected chi connectivity index (χ0v) is 11.0. The zero-order chi connectivity index (χ0) is 12.5. The standard InChI is InChI=1S/C12H8ClN3OS/c1-17-8-4-2-7(3-5-8)9-10-11(18-16-9)12(13)15-6-14-10/h2-6H,1H3. The lowest BCUT2D eigenvalue weighted by molar-refractivity contribution is 0.415. The first kappa shape index (κ1) is 11.4. The SMILES string of the molecule is COc1ccc(-c2nsc3c(Cl)ncnc23)cc1. The molecule has 0 aliphatic rings. The summed E-state index contributed by atoms with van der Waals surface area (Å²) in [5.41, 5.74) is 2.59. The molecule has 18 heavy (non-hydrogen) atoms. The molecular formula is C12H8ClN3OS. The van der Waals surface area contributed by atoms with Crippen LogP contribution in [-0.2, 0) is 0 Å². The Balaban J connectivity index is 2.16. The Morgan fingerprint density at radius 2 is 1.94 bits per heavy atom. The van der Waals surface area contributed by atoms with Crippen LogP contribution in [0.5, 0.6) is 5.75 Å². The maximum absolute atomic E-state index is 6.00. The molecular weight excluding hydrogens is 270 g/mol. The summed E-state index contributed by atoms with van der Waals surface area (Å²) in [6.45, 7) is 0. The Bertz CT molecular complexity index is 696. The number of halogens is 1. The summed E-state index contributed by atoms with van der Waals surface area (Å²) in [5, 5.41) is 0.442. The number of fused-ring (bicyclic) bond motifs is 1. The van der Waals surface area contributed by atoms with Crippen molar-refractivity contribution in [3.8, 4) is 17.0 Å². The molecule has 90 valence electrons. The van der Waals surface area contributed by atoms with E-state index >= 15 is 0 Å². The second-order valence-electron chi connectivity index (χ2n) is 3.60. The molecule has 0 aliphatic carbocycles. The van der Waals surface area contributed by atoms with E-state index in [4.69, 9.17) is 16.3 Å². The van der Waals surface area contributed by atoms with Gasteiger partial charge in [-0.1, -0.05) is 11.6 Å². The van der Waals surface area contributed by atoms with E-state index in [1.54, 1.807) is 7.11 Å². The summed E-state index contributed by atoms with van der Waals surface area (Å²) in [5.74, 6) is 0.811. The molecule has 0 atom stereocenters. The summed E-state index contributed by atoms with van der Waals surface area (Å²) < 4.78 is 10.3. The molecule has 2 heterocycles. The van der Waals surface area contributed by atoms with Crippen molar-refractivity contribution < 1.29 is 4.74 Å². The van der Waals surface area contributed by atoms with Crippen LogP contribution in [0.25, 0.3) is 21.5 Å². The normalized spacial score (nSPS) is 10.8. The Kier molecular flexibility index (Phi) is 2.85. The molecule has 0 radical (unpaired) electrons. The molecule has 0 aliphatic heterocycles. The van der Waals surface area contributed by atoms with Crippen LogP contribution in [0.3, 0.4) is 0 Å². The molecule has 2 aromatic heterocycles. The average molecular weight is 278 g/mol. The number of benzene rings is 1. The lowest BCUT2D eigenvalue weighted by atomic mass is 10.1. The van der Waals surface area contributed by atoms with E-state index < -0.39 is 0 Å². The molecule has 3 rings (SSSR count). The van der Waals surface area contributed by atoms with Crippen molar-refractivity contribution >= 4 is 33.4 Å². The van der Waals surface area contributed by atoms with Gasteiger partial charge in [-0.2, -0.15) is 4.37 Å². The Hall–Kier alpha value is -1.72. The molecule has 0 bridgehead atoms. The van der Waals surface area contributed by atoms with E-state index in [0.29, 0.717) is 5.15 Å². The predicted molar refractivity (Wildman–Crippen MR) is 72.2 cm³/mol. The van der Waals surface area contributed by atoms with E-state index in [2.05, 4.69) is 14.3 Å². The number of hydrogen-bond donors (Lipinski definition) is 0. The van der Waals surface area contributed by atoms with Gasteiger partial charge in [0.15, 0.2) is 5.15 Å². The molecule has 6 heteroatoms. The fourth-order valence-electron chi connectivity index (χ4n) is 1.67. The topological polar surface area (TPSA) is 47.9 Å². The molecule has 0 amide bonds. The first-order valence-electron chi connectivity index (χ1n) is 5.20. The van der Waals surface area contributed by atoms with Crippen molar-refractivity contribution in [3.63, 3.8) is 0 Å². The number of methoxy groups -OCH3 is 1. The van der Waals surface area contributed by atoms with Gasteiger partial charge in [-0.25, -0.2) is 9.97 Å². The van der Waals surface area contributed by atoms with Gasteiger partial charge in [-0.05, 0) is 35.8 Å². The van der Waals surface area contributed by atoms with Crippen LogP contribution in [-0.4, -0.2) is 21.5 Å². The van der Waals surface area contributed by atoms with Gasteiger partial charge in [0.2, 0.25) is 0 Å². The largest absolute Gasteiger partial charge is 0.497 e. The maximum atomic E-state index is 6.00. The Labute approximate surface area is 112 Å². The van der Waals surface area contributed by atoms with E-state index in [1.165, 1.54) is 17.9 Å². The highest BCUT2D eigenvalue weighted by molar-refractivity contribution is 7.14. The van der Waals surface area contributed by atoms with Crippen LogP contribution < -0.4 is 4.74 Å². The van der Waals surface area contributed by atoms with Gasteiger partial charge in [0.1, 0.15) is 28.0 Å². The zero-order valence-electron chi connectivity index (χ0n) is 9.42. The smallest absolute Gasteiger partial charge is 0.151 e. The Morgan fingerprint density at radius 1 is 1.17 bits per heavy atom. The monoisotopic (exact) mass is 277 g/mol. The number of aromatic nitrogens is 3. The minimum atomic E-state index is 0.442. The fraction of sp³-hybridized carbons (Fsp3) is 0.0833. The molecule has 0 saturated heterocycles. The van der Waals surface area contributed by atoms with Crippen molar-refractivity contribution in [2.75, 3.05) is 7.11 Å². The number of ether oxygens (including phenoxy) is 1. The fourth-order valence-corrected chi connectivity index (χ4v) is 2.65. The molecule has 0 fully saturated rings. The summed E-state index contributed by atoms with van der Waals surface area (Å²) in [6.07, 6.45) is 1.45. The number of nitrogens with zero attached hydrogens (tertiary/aromatic N) is 3. The minimum absolute atomic E-state index is 0.442. The lowest BCUT2D eigenvalue weighted by Crippen LogP contribution is -1.85. The third kappa shape index (κ3) is 1.81. The third-order valence-corrected chi connectivity index (χ3v) is 3.82. The van der Waals surface area contributed by atoms with E-state index in [0.717, 1.165) is 27.2 Å². The van der Waals surface area contributed by atoms with Gasteiger partial charge in [-0.3, -0.25) is 0 Å². The van der Waals surface area contributed by atoms with Gasteiger partial charge in [0, 0.05) is 5.56 Å². The highest BCUT2D eigenvalue weighted by Crippen LogP contribution is 2.32. The second-order valence-corrected chi connectivity index (χ2v) is 4.73. The van der Waals surface area contributed by atoms with Crippen molar-refractivity contribution in [2.24, 2.45) is 0 Å². The minimum Gasteiger partial charge on any atom is -0.497 e. The van der Waals surface area contributed by atoms with Gasteiger partial charge < -0.3 is 4.74 Å². The maximum Gasteiger partial charge on any atom is 0.151 e. The van der Waals surface area contributed by atoms with Crippen LogP contribution in [0.1, 0.15) is 0 Å². The predicted octanol–water partition coefficient (Wildman–Crippen LogP) is 3.42. The summed E-state index contributed by atoms with van der Waals surface area (Å²) in [7, 11) is 1.64. The molecule has 0 saturated carbocycles. The molecule has 4 nitrogen and oxygen atoms in total. The number of rotatable bonds is 2. The second kappa shape index (κ2) is 4.51. The van der Waals surface area contributed by atoms with Crippen LogP contribution in [0, 0.1) is 0 Å². The van der Waals surface area contributed by atoms with Gasteiger partial charge in [-0.15, -0.1) is 0 Å². The van der Waals surface area contributed by atoms with Crippen molar-refractivity contribution in [1.82, 2.24) is 14.3 Å². The Morgan fingerprint density at radius 3 is 2.67 bits per heavy atom. The van der Waals surface area contributed by atoms with Gasteiger partial charge in [0.05, 0.1) is 7.11 Å². The van der Waals surface area contributed by atoms with E-state index in [1.807, 2.05) is 24.3 Å². The highest BCUT2D eigenvalue weighted by Gasteiger charge is 2.12. The van der Waals surface area contributed by atoms with E-state index in [9.17, 15) is 0 Å². The molecule has 0 spiro atoms. The highest BCUT2D eigenvalue weighted by atomic mass is 35.5.